The lowest BCUT2D eigenvalue weighted by molar-refractivity contribution is -0.535. The largest absolute Gasteiger partial charge is 0.829 e. The molecule has 0 bridgehead atoms. The summed E-state index contributed by atoms with van der Waals surface area (Å²) in [5.74, 6) is 0. The molecule has 0 aromatic heterocycles. The zero-order valence-electron chi connectivity index (χ0n) is 12.0. The second-order valence-electron chi connectivity index (χ2n) is 5.50. The molecule has 2 rings (SSSR count). The highest BCUT2D eigenvalue weighted by Gasteiger charge is 2.48. The molecule has 0 aromatic rings. The summed E-state index contributed by atoms with van der Waals surface area (Å²) in [6.45, 7) is -1.40. The van der Waals surface area contributed by atoms with Crippen molar-refractivity contribution in [3.63, 3.8) is 0 Å². The van der Waals surface area contributed by atoms with Crippen molar-refractivity contribution >= 4 is 0 Å². The SMILES string of the molecule is [O-]C1OC(CO)C(OC2OC(CO)C(O)C(O)C2O)C(O)C1O. The standard InChI is InChI=1S/C12H21O11/c13-1-3-5(15)6(16)9(19)12(22-3)23-10-4(2-14)21-11(20)8(18)7(10)17/h3-19H,1-2H2/q-1. The molecule has 2 aliphatic rings. The normalized spacial score (nSPS) is 51.7. The minimum atomic E-state index is -1.99. The molecule has 2 saturated heterocycles. The number of hydrogen-bond acceptors (Lipinski definition) is 11. The number of aliphatic hydroxyl groups is 7. The third-order valence-electron chi connectivity index (χ3n) is 3.96. The lowest BCUT2D eigenvalue weighted by atomic mass is 9.97. The van der Waals surface area contributed by atoms with Crippen molar-refractivity contribution in [1.82, 2.24) is 0 Å². The van der Waals surface area contributed by atoms with E-state index in [-0.39, 0.29) is 0 Å². The molecule has 0 aliphatic carbocycles. The predicted octanol–water partition coefficient (Wildman–Crippen LogP) is -6.03. The van der Waals surface area contributed by atoms with Crippen LogP contribution in [0.25, 0.3) is 0 Å². The van der Waals surface area contributed by atoms with Crippen molar-refractivity contribution in [2.45, 2.75) is 61.4 Å². The minimum absolute atomic E-state index is 0.677. The van der Waals surface area contributed by atoms with Crippen LogP contribution in [0.4, 0.5) is 0 Å². The second kappa shape index (κ2) is 7.63. The summed E-state index contributed by atoms with van der Waals surface area (Å²) in [5, 5.41) is 78.3. The van der Waals surface area contributed by atoms with E-state index in [9.17, 15) is 35.7 Å². The number of rotatable bonds is 4. The van der Waals surface area contributed by atoms with Gasteiger partial charge in [0.15, 0.2) is 6.29 Å². The van der Waals surface area contributed by atoms with Crippen LogP contribution in [0.15, 0.2) is 0 Å². The smallest absolute Gasteiger partial charge is 0.187 e. The second-order valence-corrected chi connectivity index (χ2v) is 5.50. The Kier molecular flexibility index (Phi) is 6.27. The van der Waals surface area contributed by atoms with Gasteiger partial charge in [-0.2, -0.15) is 0 Å². The summed E-state index contributed by atoms with van der Waals surface area (Å²) < 4.78 is 15.1. The Morgan fingerprint density at radius 3 is 1.91 bits per heavy atom. The Morgan fingerprint density at radius 2 is 1.35 bits per heavy atom. The van der Waals surface area contributed by atoms with Gasteiger partial charge in [0.1, 0.15) is 42.7 Å². The van der Waals surface area contributed by atoms with Crippen LogP contribution in [0, 0.1) is 0 Å². The molecule has 2 heterocycles. The van der Waals surface area contributed by atoms with Gasteiger partial charge in [0.25, 0.3) is 0 Å². The van der Waals surface area contributed by atoms with Crippen molar-refractivity contribution in [3.8, 4) is 0 Å². The fourth-order valence-electron chi connectivity index (χ4n) is 2.56. The first-order valence-corrected chi connectivity index (χ1v) is 7.06. The molecular weight excluding hydrogens is 320 g/mol. The van der Waals surface area contributed by atoms with E-state index in [2.05, 4.69) is 0 Å². The fraction of sp³-hybridized carbons (Fsp3) is 1.00. The first-order chi connectivity index (χ1) is 10.8. The number of aliphatic hydroxyl groups excluding tert-OH is 7. The van der Waals surface area contributed by atoms with Gasteiger partial charge in [-0.3, -0.25) is 0 Å². The molecule has 0 saturated carbocycles. The highest BCUT2D eigenvalue weighted by Crippen LogP contribution is 2.27. The van der Waals surface area contributed by atoms with Gasteiger partial charge in [-0.1, -0.05) is 0 Å². The number of ether oxygens (including phenoxy) is 3. The molecule has 0 radical (unpaired) electrons. The Morgan fingerprint density at radius 1 is 0.739 bits per heavy atom. The van der Waals surface area contributed by atoms with Crippen molar-refractivity contribution in [1.29, 1.82) is 0 Å². The average Bonchev–Trinajstić information content (AvgIpc) is 2.55. The maximum absolute atomic E-state index is 11.4. The van der Waals surface area contributed by atoms with Crippen molar-refractivity contribution < 1.29 is 55.1 Å². The zero-order chi connectivity index (χ0) is 17.3. The van der Waals surface area contributed by atoms with E-state index in [1.807, 2.05) is 0 Å². The summed E-state index contributed by atoms with van der Waals surface area (Å²) in [5.41, 5.74) is 0. The molecule has 23 heavy (non-hydrogen) atoms. The number of hydrogen-bond donors (Lipinski definition) is 7. The molecule has 2 aliphatic heterocycles. The maximum atomic E-state index is 11.4. The Balaban J connectivity index is 2.11. The molecule has 7 N–H and O–H groups in total. The van der Waals surface area contributed by atoms with E-state index in [0.717, 1.165) is 0 Å². The molecule has 0 aromatic carbocycles. The van der Waals surface area contributed by atoms with Crippen LogP contribution in [-0.2, 0) is 14.2 Å². The van der Waals surface area contributed by atoms with Crippen molar-refractivity contribution in [2.24, 2.45) is 0 Å². The van der Waals surface area contributed by atoms with E-state index in [1.54, 1.807) is 0 Å². The maximum Gasteiger partial charge on any atom is 0.187 e. The first kappa shape index (κ1) is 18.9. The minimum Gasteiger partial charge on any atom is -0.829 e. The summed E-state index contributed by atoms with van der Waals surface area (Å²) in [6.07, 6.45) is -16.2. The van der Waals surface area contributed by atoms with Crippen LogP contribution in [-0.4, -0.2) is 110 Å². The highest BCUT2D eigenvalue weighted by molar-refractivity contribution is 4.93. The third-order valence-corrected chi connectivity index (χ3v) is 3.96. The molecule has 11 heteroatoms. The van der Waals surface area contributed by atoms with Crippen LogP contribution in [0.3, 0.4) is 0 Å². The molecule has 11 nitrogen and oxygen atoms in total. The lowest BCUT2D eigenvalue weighted by Crippen LogP contribution is -2.66. The molecule has 10 unspecified atom stereocenters. The van der Waals surface area contributed by atoms with Gasteiger partial charge in [-0.25, -0.2) is 0 Å². The van der Waals surface area contributed by atoms with Gasteiger partial charge in [0.2, 0.25) is 0 Å². The van der Waals surface area contributed by atoms with Gasteiger partial charge < -0.3 is 55.1 Å². The van der Waals surface area contributed by atoms with Gasteiger partial charge in [-0.05, 0) is 0 Å². The van der Waals surface area contributed by atoms with Crippen LogP contribution in [0.5, 0.6) is 0 Å². The summed E-state index contributed by atoms with van der Waals surface area (Å²) in [7, 11) is 0. The van der Waals surface area contributed by atoms with Gasteiger partial charge >= 0.3 is 0 Å². The Bertz CT molecular complexity index is 378. The average molecular weight is 341 g/mol. The van der Waals surface area contributed by atoms with E-state index in [0.29, 0.717) is 0 Å². The van der Waals surface area contributed by atoms with Crippen LogP contribution in [0.2, 0.25) is 0 Å². The zero-order valence-corrected chi connectivity index (χ0v) is 12.0. The van der Waals surface area contributed by atoms with Crippen LogP contribution >= 0.6 is 0 Å². The van der Waals surface area contributed by atoms with Gasteiger partial charge in [0.05, 0.1) is 19.3 Å². The van der Waals surface area contributed by atoms with Crippen LogP contribution in [0.1, 0.15) is 0 Å². The lowest BCUT2D eigenvalue weighted by Gasteiger charge is -2.47. The van der Waals surface area contributed by atoms with E-state index in [1.165, 1.54) is 0 Å². The third kappa shape index (κ3) is 3.65. The van der Waals surface area contributed by atoms with Crippen molar-refractivity contribution in [2.75, 3.05) is 13.2 Å². The molecule has 0 spiro atoms. The molecule has 2 fully saturated rings. The highest BCUT2D eigenvalue weighted by atomic mass is 16.7. The van der Waals surface area contributed by atoms with E-state index >= 15 is 0 Å². The monoisotopic (exact) mass is 341 g/mol. The van der Waals surface area contributed by atoms with Gasteiger partial charge in [0, 0.05) is 6.29 Å². The fourth-order valence-corrected chi connectivity index (χ4v) is 2.56. The topological polar surface area (TPSA) is 192 Å². The summed E-state index contributed by atoms with van der Waals surface area (Å²) >= 11 is 0. The summed E-state index contributed by atoms with van der Waals surface area (Å²) in [6, 6.07) is 0. The predicted molar refractivity (Wildman–Crippen MR) is 66.4 cm³/mol. The molecule has 0 amide bonds. The molecule has 136 valence electrons. The molecule has 10 atom stereocenters. The van der Waals surface area contributed by atoms with Crippen molar-refractivity contribution in [3.05, 3.63) is 0 Å². The molecular formula is C12H21O11-. The van der Waals surface area contributed by atoms with Gasteiger partial charge in [-0.15, -0.1) is 0 Å². The summed E-state index contributed by atoms with van der Waals surface area (Å²) in [4.78, 5) is 0. The Hall–Kier alpha value is -0.440. The van der Waals surface area contributed by atoms with E-state index < -0.39 is 74.6 Å². The first-order valence-electron chi connectivity index (χ1n) is 7.06. The quantitative estimate of drug-likeness (QED) is 0.257. The van der Waals surface area contributed by atoms with Crippen LogP contribution < -0.4 is 5.11 Å². The van der Waals surface area contributed by atoms with E-state index in [4.69, 9.17) is 19.3 Å². The Labute approximate surface area is 130 Å².